The van der Waals surface area contributed by atoms with Crippen LogP contribution in [0.15, 0.2) is 21.9 Å². The predicted molar refractivity (Wildman–Crippen MR) is 69.6 cm³/mol. The summed E-state index contributed by atoms with van der Waals surface area (Å²) < 4.78 is 18.2. The molecule has 2 heterocycles. The summed E-state index contributed by atoms with van der Waals surface area (Å²) in [6, 6.07) is 1.33. The maximum absolute atomic E-state index is 12.0. The van der Waals surface area contributed by atoms with E-state index in [1.807, 2.05) is 0 Å². The Bertz CT molecular complexity index is 603. The Kier molecular flexibility index (Phi) is 3.27. The third-order valence-electron chi connectivity index (χ3n) is 4.22. The molecule has 110 valence electrons. The lowest BCUT2D eigenvalue weighted by Crippen LogP contribution is -2.36. The van der Waals surface area contributed by atoms with E-state index >= 15 is 0 Å². The van der Waals surface area contributed by atoms with Crippen molar-refractivity contribution in [2.45, 2.75) is 31.3 Å². The van der Waals surface area contributed by atoms with Crippen LogP contribution in [0.3, 0.4) is 0 Å². The highest BCUT2D eigenvalue weighted by Crippen LogP contribution is 2.63. The van der Waals surface area contributed by atoms with E-state index in [4.69, 9.17) is 14.2 Å². The number of hydrogen-bond acceptors (Lipinski definition) is 5. The lowest BCUT2D eigenvalue weighted by atomic mass is 9.96. The van der Waals surface area contributed by atoms with Crippen LogP contribution in [-0.2, 0) is 14.2 Å². The molecule has 1 N–H and O–H groups in total. The van der Waals surface area contributed by atoms with Crippen molar-refractivity contribution in [3.63, 3.8) is 0 Å². The van der Waals surface area contributed by atoms with Crippen molar-refractivity contribution in [1.29, 1.82) is 0 Å². The highest BCUT2D eigenvalue weighted by atomic mass is 16.6. The molecule has 20 heavy (non-hydrogen) atoms. The minimum atomic E-state index is -0.457. The van der Waals surface area contributed by atoms with Gasteiger partial charge in [0.2, 0.25) is 0 Å². The summed E-state index contributed by atoms with van der Waals surface area (Å²) in [5, 5.41) is 0. The first-order valence-electron chi connectivity index (χ1n) is 6.61. The van der Waals surface area contributed by atoms with Gasteiger partial charge in [-0.15, -0.1) is 0 Å². The fourth-order valence-corrected chi connectivity index (χ4v) is 3.19. The van der Waals surface area contributed by atoms with Gasteiger partial charge >= 0.3 is 5.69 Å². The van der Waals surface area contributed by atoms with Crippen LogP contribution in [0.2, 0.25) is 0 Å². The van der Waals surface area contributed by atoms with Gasteiger partial charge in [-0.05, 0) is 12.8 Å². The van der Waals surface area contributed by atoms with E-state index in [1.165, 1.54) is 16.8 Å². The SMILES string of the molecule is COC[C@H]1O[C@@H](n2ccc(=O)[nH]c2=O)C2(CC2)[C@@H]1OC. The van der Waals surface area contributed by atoms with Gasteiger partial charge in [0.05, 0.1) is 12.7 Å². The van der Waals surface area contributed by atoms with Crippen molar-refractivity contribution in [2.24, 2.45) is 5.41 Å². The molecule has 1 saturated carbocycles. The van der Waals surface area contributed by atoms with Crippen LogP contribution >= 0.6 is 0 Å². The largest absolute Gasteiger partial charge is 0.382 e. The number of ether oxygens (including phenoxy) is 3. The first-order valence-corrected chi connectivity index (χ1v) is 6.61. The Morgan fingerprint density at radius 2 is 2.20 bits per heavy atom. The van der Waals surface area contributed by atoms with Gasteiger partial charge in [-0.25, -0.2) is 4.79 Å². The zero-order valence-electron chi connectivity index (χ0n) is 11.5. The molecule has 1 aromatic rings. The van der Waals surface area contributed by atoms with Crippen LogP contribution in [0.4, 0.5) is 0 Å². The number of aromatic amines is 1. The van der Waals surface area contributed by atoms with Crippen molar-refractivity contribution in [1.82, 2.24) is 9.55 Å². The third-order valence-corrected chi connectivity index (χ3v) is 4.22. The molecule has 1 spiro atoms. The number of rotatable bonds is 4. The molecule has 1 aliphatic carbocycles. The Hall–Kier alpha value is -1.44. The Morgan fingerprint density at radius 1 is 1.45 bits per heavy atom. The molecular weight excluding hydrogens is 264 g/mol. The van der Waals surface area contributed by atoms with E-state index in [0.29, 0.717) is 6.61 Å². The van der Waals surface area contributed by atoms with Crippen molar-refractivity contribution in [3.05, 3.63) is 33.1 Å². The van der Waals surface area contributed by atoms with E-state index in [0.717, 1.165) is 12.8 Å². The highest BCUT2D eigenvalue weighted by molar-refractivity contribution is 5.11. The molecule has 7 heteroatoms. The average Bonchev–Trinajstić information content (AvgIpc) is 3.12. The maximum Gasteiger partial charge on any atom is 0.330 e. The molecule has 0 aromatic carbocycles. The predicted octanol–water partition coefficient (Wildman–Crippen LogP) is -0.124. The number of aromatic nitrogens is 2. The minimum Gasteiger partial charge on any atom is -0.382 e. The average molecular weight is 282 g/mol. The molecule has 1 aliphatic heterocycles. The Labute approximate surface area is 115 Å². The monoisotopic (exact) mass is 282 g/mol. The summed E-state index contributed by atoms with van der Waals surface area (Å²) in [7, 11) is 3.25. The van der Waals surface area contributed by atoms with Crippen LogP contribution in [0, 0.1) is 5.41 Å². The molecule has 3 rings (SSSR count). The van der Waals surface area contributed by atoms with Gasteiger partial charge in [0.1, 0.15) is 12.3 Å². The number of methoxy groups -OCH3 is 2. The van der Waals surface area contributed by atoms with Crippen LogP contribution in [0.5, 0.6) is 0 Å². The Balaban J connectivity index is 1.98. The van der Waals surface area contributed by atoms with Crippen LogP contribution in [0.1, 0.15) is 19.1 Å². The number of hydrogen-bond donors (Lipinski definition) is 1. The first kappa shape index (κ1) is 13.5. The summed E-state index contributed by atoms with van der Waals surface area (Å²) >= 11 is 0. The quantitative estimate of drug-likeness (QED) is 0.832. The second kappa shape index (κ2) is 4.83. The summed E-state index contributed by atoms with van der Waals surface area (Å²) in [6.45, 7) is 0.412. The lowest BCUT2D eigenvalue weighted by molar-refractivity contribution is -0.0625. The van der Waals surface area contributed by atoms with E-state index in [1.54, 1.807) is 14.2 Å². The molecule has 1 saturated heterocycles. The normalized spacial score (nSPS) is 30.8. The van der Waals surface area contributed by atoms with Gasteiger partial charge in [-0.3, -0.25) is 14.3 Å². The van der Waals surface area contributed by atoms with E-state index in [2.05, 4.69) is 4.98 Å². The van der Waals surface area contributed by atoms with Gasteiger partial charge in [-0.2, -0.15) is 0 Å². The van der Waals surface area contributed by atoms with E-state index in [-0.39, 0.29) is 17.6 Å². The standard InChI is InChI=1S/C13H18N2O5/c1-18-7-8-10(19-2)13(4-5-13)11(20-8)15-6-3-9(16)14-12(15)17/h3,6,8,10-11H,4-5,7H2,1-2H3,(H,14,16,17)/t8-,10-,11-/m1/s1. The summed E-state index contributed by atoms with van der Waals surface area (Å²) in [5.41, 5.74) is -1.06. The fourth-order valence-electron chi connectivity index (χ4n) is 3.19. The smallest absolute Gasteiger partial charge is 0.330 e. The molecule has 2 fully saturated rings. The summed E-state index contributed by atoms with van der Waals surface area (Å²) in [4.78, 5) is 25.4. The van der Waals surface area contributed by atoms with Crippen LogP contribution in [0.25, 0.3) is 0 Å². The number of nitrogens with zero attached hydrogens (tertiary/aromatic N) is 1. The lowest BCUT2D eigenvalue weighted by Gasteiger charge is -2.22. The zero-order chi connectivity index (χ0) is 14.3. The zero-order valence-corrected chi connectivity index (χ0v) is 11.5. The van der Waals surface area contributed by atoms with E-state index in [9.17, 15) is 9.59 Å². The van der Waals surface area contributed by atoms with Gasteiger partial charge in [0.15, 0.2) is 0 Å². The molecule has 7 nitrogen and oxygen atoms in total. The van der Waals surface area contributed by atoms with Gasteiger partial charge in [0, 0.05) is 31.9 Å². The molecular formula is C13H18N2O5. The van der Waals surface area contributed by atoms with Crippen molar-refractivity contribution < 1.29 is 14.2 Å². The molecule has 0 amide bonds. The summed E-state index contributed by atoms with van der Waals surface area (Å²) in [6.07, 6.45) is 2.61. The van der Waals surface area contributed by atoms with Crippen LogP contribution < -0.4 is 11.2 Å². The molecule has 3 atom stereocenters. The number of H-pyrrole nitrogens is 1. The van der Waals surface area contributed by atoms with Crippen molar-refractivity contribution in [3.8, 4) is 0 Å². The topological polar surface area (TPSA) is 82.5 Å². The minimum absolute atomic E-state index is 0.105. The van der Waals surface area contributed by atoms with Crippen LogP contribution in [-0.4, -0.2) is 42.6 Å². The molecule has 1 aromatic heterocycles. The molecule has 0 unspecified atom stereocenters. The molecule has 2 aliphatic rings. The highest BCUT2D eigenvalue weighted by Gasteiger charge is 2.65. The fraction of sp³-hybridized carbons (Fsp3) is 0.692. The number of nitrogens with one attached hydrogen (secondary N) is 1. The van der Waals surface area contributed by atoms with Gasteiger partial charge < -0.3 is 14.2 Å². The molecule has 0 bridgehead atoms. The Morgan fingerprint density at radius 3 is 2.75 bits per heavy atom. The first-order chi connectivity index (χ1) is 9.62. The molecule has 0 radical (unpaired) electrons. The van der Waals surface area contributed by atoms with E-state index < -0.39 is 17.5 Å². The maximum atomic E-state index is 12.0. The van der Waals surface area contributed by atoms with Gasteiger partial charge in [0.25, 0.3) is 5.56 Å². The van der Waals surface area contributed by atoms with Crippen molar-refractivity contribution in [2.75, 3.05) is 20.8 Å². The third kappa shape index (κ3) is 1.93. The van der Waals surface area contributed by atoms with Crippen molar-refractivity contribution >= 4 is 0 Å². The van der Waals surface area contributed by atoms with Gasteiger partial charge in [-0.1, -0.05) is 0 Å². The second-order valence-electron chi connectivity index (χ2n) is 5.39. The second-order valence-corrected chi connectivity index (χ2v) is 5.39. The summed E-state index contributed by atoms with van der Waals surface area (Å²) in [5.74, 6) is 0.